The zero-order valence-electron chi connectivity index (χ0n) is 14.6. The molecule has 26 heavy (non-hydrogen) atoms. The van der Waals surface area contributed by atoms with Crippen LogP contribution >= 0.6 is 15.9 Å². The monoisotopic (exact) mass is 406 g/mol. The van der Waals surface area contributed by atoms with Gasteiger partial charge in [0.15, 0.2) is 5.65 Å². The first kappa shape index (κ1) is 16.9. The Morgan fingerprint density at radius 1 is 0.923 bits per heavy atom. The fraction of sp³-hybridized carbons (Fsp3) is 0.190. The Kier molecular flexibility index (Phi) is 4.80. The number of aromatic nitrogens is 4. The first-order chi connectivity index (χ1) is 12.8. The van der Waals surface area contributed by atoms with E-state index in [4.69, 9.17) is 0 Å². The summed E-state index contributed by atoms with van der Waals surface area (Å²) in [5.41, 5.74) is 6.00. The molecular formula is C21H19BrN4. The van der Waals surface area contributed by atoms with Crippen LogP contribution in [0.4, 0.5) is 0 Å². The molecule has 0 amide bonds. The van der Waals surface area contributed by atoms with Crippen molar-refractivity contribution < 1.29 is 0 Å². The number of fused-ring (bicyclic) bond motifs is 1. The van der Waals surface area contributed by atoms with E-state index in [1.807, 2.05) is 12.4 Å². The van der Waals surface area contributed by atoms with E-state index in [0.29, 0.717) is 0 Å². The highest BCUT2D eigenvalue weighted by Gasteiger charge is 2.15. The highest BCUT2D eigenvalue weighted by atomic mass is 79.9. The van der Waals surface area contributed by atoms with Crippen LogP contribution < -0.4 is 0 Å². The Labute approximate surface area is 161 Å². The third kappa shape index (κ3) is 3.15. The molecule has 0 saturated carbocycles. The van der Waals surface area contributed by atoms with Gasteiger partial charge in [-0.2, -0.15) is 0 Å². The van der Waals surface area contributed by atoms with Crippen molar-refractivity contribution in [1.82, 2.24) is 19.5 Å². The fourth-order valence-electron chi connectivity index (χ4n) is 3.14. The van der Waals surface area contributed by atoms with Gasteiger partial charge in [0, 0.05) is 16.6 Å². The molecule has 4 nitrogen and oxygen atoms in total. The second kappa shape index (κ2) is 7.38. The molecular weight excluding hydrogens is 388 g/mol. The molecule has 130 valence electrons. The average molecular weight is 407 g/mol. The molecule has 0 spiro atoms. The second-order valence-corrected chi connectivity index (χ2v) is 7.15. The summed E-state index contributed by atoms with van der Waals surface area (Å²) in [5.74, 6) is 0. The average Bonchev–Trinajstić information content (AvgIpc) is 3.10. The Morgan fingerprint density at radius 2 is 1.69 bits per heavy atom. The number of benzene rings is 2. The molecule has 0 N–H and O–H groups in total. The van der Waals surface area contributed by atoms with Gasteiger partial charge in [-0.15, -0.1) is 0 Å². The number of halogens is 1. The van der Waals surface area contributed by atoms with E-state index in [2.05, 4.69) is 84.8 Å². The maximum absolute atomic E-state index is 4.63. The van der Waals surface area contributed by atoms with Crippen LogP contribution in [0.15, 0.2) is 65.7 Å². The number of nitrogens with zero attached hydrogens (tertiary/aromatic N) is 4. The SMILES string of the molecule is CCCCn1cnc2c(-c3ccccc3-c3ccc(Br)cc3)ncnc21. The molecule has 2 aromatic heterocycles. The van der Waals surface area contributed by atoms with Gasteiger partial charge >= 0.3 is 0 Å². The lowest BCUT2D eigenvalue weighted by Crippen LogP contribution is -1.98. The van der Waals surface area contributed by atoms with Crippen molar-refractivity contribution in [3.8, 4) is 22.4 Å². The van der Waals surface area contributed by atoms with Crippen molar-refractivity contribution in [3.05, 3.63) is 65.7 Å². The molecule has 0 atom stereocenters. The van der Waals surface area contributed by atoms with Crippen LogP contribution in [0, 0.1) is 0 Å². The zero-order chi connectivity index (χ0) is 17.9. The minimum absolute atomic E-state index is 0.855. The molecule has 0 saturated heterocycles. The molecule has 2 heterocycles. The van der Waals surface area contributed by atoms with Gasteiger partial charge in [0.1, 0.15) is 17.5 Å². The molecule has 5 heteroatoms. The van der Waals surface area contributed by atoms with Gasteiger partial charge in [-0.1, -0.05) is 65.7 Å². The van der Waals surface area contributed by atoms with Gasteiger partial charge in [0.05, 0.1) is 6.33 Å². The van der Waals surface area contributed by atoms with E-state index in [-0.39, 0.29) is 0 Å². The van der Waals surface area contributed by atoms with E-state index in [1.165, 1.54) is 0 Å². The summed E-state index contributed by atoms with van der Waals surface area (Å²) in [6.45, 7) is 3.12. The Bertz CT molecular complexity index is 1040. The minimum atomic E-state index is 0.855. The molecule has 2 aromatic carbocycles. The molecule has 0 fully saturated rings. The van der Waals surface area contributed by atoms with E-state index in [1.54, 1.807) is 6.33 Å². The van der Waals surface area contributed by atoms with Crippen molar-refractivity contribution in [1.29, 1.82) is 0 Å². The lowest BCUT2D eigenvalue weighted by Gasteiger charge is -2.10. The molecule has 0 bridgehead atoms. The first-order valence-electron chi connectivity index (χ1n) is 8.79. The number of rotatable bonds is 5. The van der Waals surface area contributed by atoms with E-state index < -0.39 is 0 Å². The highest BCUT2D eigenvalue weighted by Crippen LogP contribution is 2.34. The maximum Gasteiger partial charge on any atom is 0.163 e. The molecule has 4 rings (SSSR count). The third-order valence-electron chi connectivity index (χ3n) is 4.49. The Hall–Kier alpha value is -2.53. The quantitative estimate of drug-likeness (QED) is 0.425. The summed E-state index contributed by atoms with van der Waals surface area (Å²) < 4.78 is 3.18. The minimum Gasteiger partial charge on any atom is -0.315 e. The molecule has 0 aliphatic rings. The summed E-state index contributed by atoms with van der Waals surface area (Å²) in [6, 6.07) is 16.7. The van der Waals surface area contributed by atoms with Gasteiger partial charge in [-0.25, -0.2) is 15.0 Å². The topological polar surface area (TPSA) is 43.6 Å². The van der Waals surface area contributed by atoms with Crippen molar-refractivity contribution in [2.24, 2.45) is 0 Å². The zero-order valence-corrected chi connectivity index (χ0v) is 16.1. The van der Waals surface area contributed by atoms with Crippen molar-refractivity contribution >= 4 is 27.1 Å². The largest absolute Gasteiger partial charge is 0.315 e. The number of unbranched alkanes of at least 4 members (excludes halogenated alkanes) is 1. The van der Waals surface area contributed by atoms with Gasteiger partial charge in [0.2, 0.25) is 0 Å². The smallest absolute Gasteiger partial charge is 0.163 e. The number of hydrogen-bond acceptors (Lipinski definition) is 3. The molecule has 0 aliphatic carbocycles. The lowest BCUT2D eigenvalue weighted by molar-refractivity contribution is 0.641. The molecule has 0 radical (unpaired) electrons. The fourth-order valence-corrected chi connectivity index (χ4v) is 3.40. The van der Waals surface area contributed by atoms with E-state index >= 15 is 0 Å². The maximum atomic E-state index is 4.63. The Morgan fingerprint density at radius 3 is 2.46 bits per heavy atom. The van der Waals surface area contributed by atoms with Crippen LogP contribution in [0.1, 0.15) is 19.8 Å². The van der Waals surface area contributed by atoms with Crippen molar-refractivity contribution in [2.75, 3.05) is 0 Å². The summed E-state index contributed by atoms with van der Waals surface area (Å²) >= 11 is 3.50. The summed E-state index contributed by atoms with van der Waals surface area (Å²) in [7, 11) is 0. The Balaban J connectivity index is 1.86. The highest BCUT2D eigenvalue weighted by molar-refractivity contribution is 9.10. The summed E-state index contributed by atoms with van der Waals surface area (Å²) in [5, 5.41) is 0. The summed E-state index contributed by atoms with van der Waals surface area (Å²) in [4.78, 5) is 13.7. The van der Waals surface area contributed by atoms with Crippen LogP contribution in [0.2, 0.25) is 0 Å². The summed E-state index contributed by atoms with van der Waals surface area (Å²) in [6.07, 6.45) is 5.77. The predicted octanol–water partition coefficient (Wildman–Crippen LogP) is 5.72. The second-order valence-electron chi connectivity index (χ2n) is 6.24. The molecule has 4 aromatic rings. The van der Waals surface area contributed by atoms with Crippen LogP contribution in [0.25, 0.3) is 33.5 Å². The van der Waals surface area contributed by atoms with E-state index in [0.717, 1.165) is 57.4 Å². The number of imidazole rings is 1. The van der Waals surface area contributed by atoms with Gasteiger partial charge in [-0.3, -0.25) is 0 Å². The van der Waals surface area contributed by atoms with Crippen LogP contribution in [0.5, 0.6) is 0 Å². The first-order valence-corrected chi connectivity index (χ1v) is 9.58. The van der Waals surface area contributed by atoms with Gasteiger partial charge in [-0.05, 0) is 29.7 Å². The number of aryl methyl sites for hydroxylation is 1. The normalized spacial score (nSPS) is 11.2. The van der Waals surface area contributed by atoms with Crippen LogP contribution in [0.3, 0.4) is 0 Å². The van der Waals surface area contributed by atoms with Crippen LogP contribution in [-0.2, 0) is 6.54 Å². The number of hydrogen-bond donors (Lipinski definition) is 0. The molecule has 0 aliphatic heterocycles. The van der Waals surface area contributed by atoms with Gasteiger partial charge < -0.3 is 4.57 Å². The van der Waals surface area contributed by atoms with Crippen molar-refractivity contribution in [3.63, 3.8) is 0 Å². The predicted molar refractivity (Wildman–Crippen MR) is 109 cm³/mol. The van der Waals surface area contributed by atoms with Crippen LogP contribution in [-0.4, -0.2) is 19.5 Å². The standard InChI is InChI=1S/C21H19BrN4/c1-2-3-12-26-14-25-20-19(23-13-24-21(20)26)18-7-5-4-6-17(18)15-8-10-16(22)11-9-15/h4-11,13-14H,2-3,12H2,1H3. The van der Waals surface area contributed by atoms with Crippen molar-refractivity contribution in [2.45, 2.75) is 26.3 Å². The molecule has 0 unspecified atom stereocenters. The van der Waals surface area contributed by atoms with E-state index in [9.17, 15) is 0 Å². The van der Waals surface area contributed by atoms with Gasteiger partial charge in [0.25, 0.3) is 0 Å². The lowest BCUT2D eigenvalue weighted by atomic mass is 9.97. The third-order valence-corrected chi connectivity index (χ3v) is 5.02.